The van der Waals surface area contributed by atoms with Gasteiger partial charge in [-0.3, -0.25) is 14.4 Å². The number of carbonyl (C=O) groups is 3. The highest BCUT2D eigenvalue weighted by Crippen LogP contribution is 2.28. The normalized spacial score (nSPS) is 13.7. The molecule has 5 nitrogen and oxygen atoms in total. The van der Waals surface area contributed by atoms with Gasteiger partial charge >= 0.3 is 5.97 Å². The second-order valence-corrected chi connectivity index (χ2v) is 3.86. The molecular weight excluding hydrogens is 234 g/mol. The van der Waals surface area contributed by atoms with Gasteiger partial charge in [0.25, 0.3) is 11.7 Å². The van der Waals surface area contributed by atoms with Crippen LogP contribution in [-0.4, -0.2) is 30.8 Å². The Labute approximate surface area is 104 Å². The van der Waals surface area contributed by atoms with E-state index in [1.54, 1.807) is 31.2 Å². The summed E-state index contributed by atoms with van der Waals surface area (Å²) < 4.78 is 4.79. The molecule has 94 valence electrons. The number of anilines is 1. The largest absolute Gasteiger partial charge is 0.466 e. The number of hydrogen-bond donors (Lipinski definition) is 0. The Kier molecular flexibility index (Phi) is 3.41. The molecule has 1 aliphatic heterocycles. The van der Waals surface area contributed by atoms with Crippen molar-refractivity contribution in [3.8, 4) is 0 Å². The third-order valence-electron chi connectivity index (χ3n) is 2.72. The van der Waals surface area contributed by atoms with Crippen LogP contribution in [0.1, 0.15) is 23.7 Å². The van der Waals surface area contributed by atoms with Gasteiger partial charge in [0.1, 0.15) is 0 Å². The van der Waals surface area contributed by atoms with E-state index < -0.39 is 11.7 Å². The van der Waals surface area contributed by atoms with Gasteiger partial charge in [0.2, 0.25) is 0 Å². The summed E-state index contributed by atoms with van der Waals surface area (Å²) in [5.74, 6) is -1.47. The number of fused-ring (bicyclic) bond motifs is 1. The summed E-state index contributed by atoms with van der Waals surface area (Å²) in [5, 5.41) is 0. The summed E-state index contributed by atoms with van der Waals surface area (Å²) in [6, 6.07) is 6.77. The molecule has 2 rings (SSSR count). The summed E-state index contributed by atoms with van der Waals surface area (Å²) in [4.78, 5) is 36.0. The number of rotatable bonds is 4. The molecule has 0 N–H and O–H groups in total. The number of nitrogens with zero attached hydrogens (tertiary/aromatic N) is 1. The van der Waals surface area contributed by atoms with E-state index in [0.29, 0.717) is 17.9 Å². The van der Waals surface area contributed by atoms with Gasteiger partial charge in [-0.05, 0) is 19.1 Å². The van der Waals surface area contributed by atoms with E-state index in [2.05, 4.69) is 0 Å². The van der Waals surface area contributed by atoms with E-state index in [9.17, 15) is 14.4 Å². The molecule has 18 heavy (non-hydrogen) atoms. The second kappa shape index (κ2) is 5.00. The van der Waals surface area contributed by atoms with Crippen LogP contribution in [0.3, 0.4) is 0 Å². The quantitative estimate of drug-likeness (QED) is 0.591. The smallest absolute Gasteiger partial charge is 0.307 e. The van der Waals surface area contributed by atoms with Gasteiger partial charge in [-0.15, -0.1) is 0 Å². The minimum Gasteiger partial charge on any atom is -0.466 e. The van der Waals surface area contributed by atoms with Crippen LogP contribution >= 0.6 is 0 Å². The van der Waals surface area contributed by atoms with Crippen LogP contribution in [0, 0.1) is 0 Å². The first-order chi connectivity index (χ1) is 8.65. The van der Waals surface area contributed by atoms with Crippen molar-refractivity contribution in [2.24, 2.45) is 0 Å². The number of carbonyl (C=O) groups excluding carboxylic acids is 3. The van der Waals surface area contributed by atoms with E-state index in [0.717, 1.165) is 0 Å². The van der Waals surface area contributed by atoms with Crippen LogP contribution < -0.4 is 4.90 Å². The Balaban J connectivity index is 2.12. The standard InChI is InChI=1S/C13H13NO4/c1-2-18-11(15)7-8-14-10-6-4-3-5-9(10)12(16)13(14)17/h3-6H,2,7-8H2,1H3. The van der Waals surface area contributed by atoms with Gasteiger partial charge in [-0.1, -0.05) is 12.1 Å². The lowest BCUT2D eigenvalue weighted by Crippen LogP contribution is -2.32. The first-order valence-corrected chi connectivity index (χ1v) is 5.76. The minimum atomic E-state index is -0.583. The van der Waals surface area contributed by atoms with Crippen molar-refractivity contribution in [3.05, 3.63) is 29.8 Å². The number of esters is 1. The van der Waals surface area contributed by atoms with Crippen molar-refractivity contribution < 1.29 is 19.1 Å². The molecule has 0 unspecified atom stereocenters. The Morgan fingerprint density at radius 2 is 2.00 bits per heavy atom. The highest BCUT2D eigenvalue weighted by atomic mass is 16.5. The van der Waals surface area contributed by atoms with Crippen LogP contribution in [-0.2, 0) is 14.3 Å². The molecule has 1 amide bonds. The van der Waals surface area contributed by atoms with Crippen molar-refractivity contribution in [3.63, 3.8) is 0 Å². The maximum atomic E-state index is 11.8. The van der Waals surface area contributed by atoms with Crippen LogP contribution in [0.25, 0.3) is 0 Å². The third kappa shape index (κ3) is 2.11. The van der Waals surface area contributed by atoms with Gasteiger partial charge in [0.15, 0.2) is 0 Å². The fourth-order valence-corrected chi connectivity index (χ4v) is 1.91. The number of hydrogen-bond acceptors (Lipinski definition) is 4. The predicted molar refractivity (Wildman–Crippen MR) is 64.4 cm³/mol. The lowest BCUT2D eigenvalue weighted by Gasteiger charge is -2.15. The lowest BCUT2D eigenvalue weighted by atomic mass is 10.1. The molecule has 5 heteroatoms. The number of ketones is 1. The molecule has 0 aliphatic carbocycles. The molecule has 0 fully saturated rings. The van der Waals surface area contributed by atoms with Crippen LogP contribution in [0.5, 0.6) is 0 Å². The van der Waals surface area contributed by atoms with Gasteiger partial charge in [-0.2, -0.15) is 0 Å². The number of benzene rings is 1. The van der Waals surface area contributed by atoms with Gasteiger partial charge in [0.05, 0.1) is 24.3 Å². The molecule has 1 aliphatic rings. The predicted octanol–water partition coefficient (Wildman–Crippen LogP) is 1.17. The second-order valence-electron chi connectivity index (χ2n) is 3.86. The Morgan fingerprint density at radius 3 is 2.72 bits per heavy atom. The number of Topliss-reactive ketones (excluding diaryl/α,β-unsaturated/α-hetero) is 1. The maximum absolute atomic E-state index is 11.8. The van der Waals surface area contributed by atoms with E-state index in [1.165, 1.54) is 4.90 Å². The first kappa shape index (κ1) is 12.3. The number of para-hydroxylation sites is 1. The summed E-state index contributed by atoms with van der Waals surface area (Å²) in [6.07, 6.45) is 0.0845. The van der Waals surface area contributed by atoms with Crippen molar-refractivity contribution in [2.45, 2.75) is 13.3 Å². The SMILES string of the molecule is CCOC(=O)CCN1C(=O)C(=O)c2ccccc21. The highest BCUT2D eigenvalue weighted by Gasteiger charge is 2.35. The van der Waals surface area contributed by atoms with E-state index in [-0.39, 0.29) is 18.9 Å². The topological polar surface area (TPSA) is 63.7 Å². The maximum Gasteiger partial charge on any atom is 0.307 e. The minimum absolute atomic E-state index is 0.0845. The Hall–Kier alpha value is -2.17. The zero-order valence-corrected chi connectivity index (χ0v) is 10.0. The van der Waals surface area contributed by atoms with Crippen LogP contribution in [0.15, 0.2) is 24.3 Å². The Bertz CT molecular complexity index is 509. The number of amides is 1. The number of ether oxygens (including phenoxy) is 1. The van der Waals surface area contributed by atoms with Crippen molar-refractivity contribution in [1.82, 2.24) is 0 Å². The highest BCUT2D eigenvalue weighted by molar-refractivity contribution is 6.52. The average Bonchev–Trinajstić information content (AvgIpc) is 2.61. The molecule has 0 saturated heterocycles. The molecule has 1 aromatic carbocycles. The molecule has 0 saturated carbocycles. The average molecular weight is 247 g/mol. The van der Waals surface area contributed by atoms with Crippen molar-refractivity contribution in [2.75, 3.05) is 18.1 Å². The molecule has 1 aromatic rings. The van der Waals surface area contributed by atoms with Crippen LogP contribution in [0.4, 0.5) is 5.69 Å². The lowest BCUT2D eigenvalue weighted by molar-refractivity contribution is -0.142. The first-order valence-electron chi connectivity index (χ1n) is 5.76. The molecule has 0 atom stereocenters. The molecule has 0 bridgehead atoms. The molecule has 0 spiro atoms. The van der Waals surface area contributed by atoms with Crippen molar-refractivity contribution in [1.29, 1.82) is 0 Å². The molecule has 0 aromatic heterocycles. The fraction of sp³-hybridized carbons (Fsp3) is 0.308. The van der Waals surface area contributed by atoms with Gasteiger partial charge in [0, 0.05) is 6.54 Å². The van der Waals surface area contributed by atoms with E-state index in [4.69, 9.17) is 4.74 Å². The van der Waals surface area contributed by atoms with Gasteiger partial charge < -0.3 is 9.64 Å². The van der Waals surface area contributed by atoms with E-state index >= 15 is 0 Å². The van der Waals surface area contributed by atoms with Crippen LogP contribution in [0.2, 0.25) is 0 Å². The molecule has 1 heterocycles. The van der Waals surface area contributed by atoms with E-state index in [1.807, 2.05) is 0 Å². The Morgan fingerprint density at radius 1 is 1.28 bits per heavy atom. The summed E-state index contributed by atoms with van der Waals surface area (Å²) in [7, 11) is 0. The monoisotopic (exact) mass is 247 g/mol. The summed E-state index contributed by atoms with van der Waals surface area (Å²) in [5.41, 5.74) is 0.961. The molecule has 0 radical (unpaired) electrons. The van der Waals surface area contributed by atoms with Crippen molar-refractivity contribution >= 4 is 23.3 Å². The summed E-state index contributed by atoms with van der Waals surface area (Å²) >= 11 is 0. The molecular formula is C13H13NO4. The summed E-state index contributed by atoms with van der Waals surface area (Å²) in [6.45, 7) is 2.19. The zero-order chi connectivity index (χ0) is 13.1. The fourth-order valence-electron chi connectivity index (χ4n) is 1.91. The zero-order valence-electron chi connectivity index (χ0n) is 10.0. The third-order valence-corrected chi connectivity index (χ3v) is 2.72. The van der Waals surface area contributed by atoms with Gasteiger partial charge in [-0.25, -0.2) is 0 Å².